The smallest absolute Gasteiger partial charge is 0.184 e. The molecule has 0 spiro atoms. The zero-order valence-electron chi connectivity index (χ0n) is 14.2. The second kappa shape index (κ2) is 7.84. The molecule has 2 aliphatic rings. The summed E-state index contributed by atoms with van der Waals surface area (Å²) in [7, 11) is 0. The minimum atomic E-state index is -0.948. The molecule has 0 aromatic heterocycles. The standard InChI is InChI=1S/C20H22O6/c21-15-11-23-19(13-7-3-1-4-8-13)25-17-16(22)12-24-20(26-18(15)17)14-9-5-2-6-10-14/h1-10,15-22H,11-12H2/t15-,16+,17-,18-,19?,20?/m0/s1. The molecule has 6 nitrogen and oxygen atoms in total. The lowest BCUT2D eigenvalue weighted by Crippen LogP contribution is -2.46. The number of aliphatic hydroxyl groups is 2. The Morgan fingerprint density at radius 2 is 1.00 bits per heavy atom. The van der Waals surface area contributed by atoms with Crippen LogP contribution in [-0.4, -0.2) is 47.8 Å². The molecule has 0 radical (unpaired) electrons. The van der Waals surface area contributed by atoms with E-state index >= 15 is 0 Å². The van der Waals surface area contributed by atoms with Gasteiger partial charge in [-0.15, -0.1) is 0 Å². The van der Waals surface area contributed by atoms with Crippen molar-refractivity contribution in [1.82, 2.24) is 0 Å². The van der Waals surface area contributed by atoms with Gasteiger partial charge in [-0.1, -0.05) is 60.7 Å². The first-order chi connectivity index (χ1) is 12.7. The third-order valence-corrected chi connectivity index (χ3v) is 4.62. The lowest BCUT2D eigenvalue weighted by atomic mass is 10.0. The normalized spacial score (nSPS) is 35.2. The van der Waals surface area contributed by atoms with Crippen LogP contribution >= 0.6 is 0 Å². The molecular weight excluding hydrogens is 336 g/mol. The quantitative estimate of drug-likeness (QED) is 0.854. The fourth-order valence-corrected chi connectivity index (χ4v) is 3.27. The molecular formula is C20H22O6. The van der Waals surface area contributed by atoms with Gasteiger partial charge in [-0.05, 0) is 0 Å². The molecule has 2 heterocycles. The van der Waals surface area contributed by atoms with Crippen molar-refractivity contribution in [1.29, 1.82) is 0 Å². The van der Waals surface area contributed by atoms with Crippen molar-refractivity contribution in [3.05, 3.63) is 71.8 Å². The molecule has 0 bridgehead atoms. The Balaban J connectivity index is 1.59. The van der Waals surface area contributed by atoms with E-state index in [9.17, 15) is 10.2 Å². The highest BCUT2D eigenvalue weighted by atomic mass is 16.7. The molecule has 2 aliphatic heterocycles. The van der Waals surface area contributed by atoms with Gasteiger partial charge >= 0.3 is 0 Å². The number of rotatable bonds is 2. The Bertz CT molecular complexity index is 632. The number of fused-ring (bicyclic) bond motifs is 1. The first-order valence-corrected chi connectivity index (χ1v) is 8.72. The summed E-state index contributed by atoms with van der Waals surface area (Å²) in [5.41, 5.74) is 1.63. The summed E-state index contributed by atoms with van der Waals surface area (Å²) < 4.78 is 23.5. The van der Waals surface area contributed by atoms with Gasteiger partial charge in [0.05, 0.1) is 13.2 Å². The molecule has 2 unspecified atom stereocenters. The second-order valence-corrected chi connectivity index (χ2v) is 6.49. The average molecular weight is 358 g/mol. The van der Waals surface area contributed by atoms with Gasteiger partial charge in [-0.3, -0.25) is 0 Å². The molecule has 0 saturated carbocycles. The minimum absolute atomic E-state index is 0.0367. The SMILES string of the molecule is O[C@@H]1COC(c2ccccc2)O[C@@H]2[C@H]1OC(c1ccccc1)OC[C@@H]2O. The Kier molecular flexibility index (Phi) is 5.31. The molecule has 0 amide bonds. The van der Waals surface area contributed by atoms with E-state index in [-0.39, 0.29) is 13.2 Å². The molecule has 0 aliphatic carbocycles. The number of aliphatic hydroxyl groups excluding tert-OH is 2. The molecule has 2 fully saturated rings. The van der Waals surface area contributed by atoms with Crippen LogP contribution in [0.25, 0.3) is 0 Å². The van der Waals surface area contributed by atoms with Crippen LogP contribution in [-0.2, 0) is 18.9 Å². The number of hydrogen-bond acceptors (Lipinski definition) is 6. The van der Waals surface area contributed by atoms with Gasteiger partial charge < -0.3 is 29.2 Å². The summed E-state index contributed by atoms with van der Waals surface area (Å²) in [6.45, 7) is 0.0733. The van der Waals surface area contributed by atoms with E-state index in [1.54, 1.807) is 0 Å². The van der Waals surface area contributed by atoms with Crippen molar-refractivity contribution in [2.45, 2.75) is 37.0 Å². The third-order valence-electron chi connectivity index (χ3n) is 4.62. The molecule has 6 heteroatoms. The van der Waals surface area contributed by atoms with Crippen molar-refractivity contribution < 1.29 is 29.2 Å². The van der Waals surface area contributed by atoms with E-state index in [1.165, 1.54) is 0 Å². The lowest BCUT2D eigenvalue weighted by molar-refractivity contribution is -0.206. The van der Waals surface area contributed by atoms with E-state index in [1.807, 2.05) is 60.7 Å². The summed E-state index contributed by atoms with van der Waals surface area (Å²) in [5, 5.41) is 21.1. The topological polar surface area (TPSA) is 77.4 Å². The van der Waals surface area contributed by atoms with Crippen LogP contribution in [0.15, 0.2) is 60.7 Å². The summed E-state index contributed by atoms with van der Waals surface area (Å²) in [6, 6.07) is 18.9. The molecule has 138 valence electrons. The second-order valence-electron chi connectivity index (χ2n) is 6.49. The maximum Gasteiger partial charge on any atom is 0.184 e. The molecule has 6 atom stereocenters. The van der Waals surface area contributed by atoms with E-state index in [0.29, 0.717) is 0 Å². The van der Waals surface area contributed by atoms with Crippen molar-refractivity contribution >= 4 is 0 Å². The summed E-state index contributed by atoms with van der Waals surface area (Å²) in [5.74, 6) is 0. The summed E-state index contributed by atoms with van der Waals surface area (Å²) in [6.07, 6.45) is -4.81. The van der Waals surface area contributed by atoms with Crippen LogP contribution in [0.5, 0.6) is 0 Å². The van der Waals surface area contributed by atoms with Gasteiger partial charge in [-0.25, -0.2) is 0 Å². The highest BCUT2D eigenvalue weighted by molar-refractivity contribution is 5.18. The van der Waals surface area contributed by atoms with E-state index in [4.69, 9.17) is 18.9 Å². The monoisotopic (exact) mass is 358 g/mol. The van der Waals surface area contributed by atoms with Gasteiger partial charge in [0.25, 0.3) is 0 Å². The Labute approximate surface area is 151 Å². The minimum Gasteiger partial charge on any atom is -0.388 e. The maximum absolute atomic E-state index is 10.6. The Morgan fingerprint density at radius 3 is 1.38 bits per heavy atom. The molecule has 2 aromatic carbocycles. The molecule has 2 saturated heterocycles. The number of ether oxygens (including phenoxy) is 4. The predicted molar refractivity (Wildman–Crippen MR) is 92.0 cm³/mol. The van der Waals surface area contributed by atoms with Crippen LogP contribution in [0, 0.1) is 0 Å². The van der Waals surface area contributed by atoms with Gasteiger partial charge in [0, 0.05) is 11.1 Å². The van der Waals surface area contributed by atoms with Gasteiger partial charge in [0.2, 0.25) is 0 Å². The number of benzene rings is 2. The van der Waals surface area contributed by atoms with Crippen LogP contribution in [0.3, 0.4) is 0 Å². The summed E-state index contributed by atoms with van der Waals surface area (Å²) in [4.78, 5) is 0. The van der Waals surface area contributed by atoms with Crippen molar-refractivity contribution in [3.8, 4) is 0 Å². The van der Waals surface area contributed by atoms with Gasteiger partial charge in [0.15, 0.2) is 12.6 Å². The molecule has 26 heavy (non-hydrogen) atoms. The van der Waals surface area contributed by atoms with Gasteiger partial charge in [-0.2, -0.15) is 0 Å². The van der Waals surface area contributed by atoms with Crippen LogP contribution < -0.4 is 0 Å². The van der Waals surface area contributed by atoms with E-state index in [2.05, 4.69) is 0 Å². The van der Waals surface area contributed by atoms with Crippen molar-refractivity contribution in [2.75, 3.05) is 13.2 Å². The highest BCUT2D eigenvalue weighted by Gasteiger charge is 2.44. The van der Waals surface area contributed by atoms with Crippen LogP contribution in [0.1, 0.15) is 23.7 Å². The lowest BCUT2D eigenvalue weighted by Gasteiger charge is -2.29. The predicted octanol–water partition coefficient (Wildman–Crippen LogP) is 1.94. The Morgan fingerprint density at radius 1 is 0.615 bits per heavy atom. The molecule has 2 aromatic rings. The molecule has 2 N–H and O–H groups in total. The Hall–Kier alpha value is -1.80. The van der Waals surface area contributed by atoms with E-state index < -0.39 is 37.0 Å². The first-order valence-electron chi connectivity index (χ1n) is 8.72. The maximum atomic E-state index is 10.6. The van der Waals surface area contributed by atoms with Crippen molar-refractivity contribution in [2.24, 2.45) is 0 Å². The summed E-state index contributed by atoms with van der Waals surface area (Å²) >= 11 is 0. The number of hydrogen-bond donors (Lipinski definition) is 2. The fourth-order valence-electron chi connectivity index (χ4n) is 3.27. The zero-order chi connectivity index (χ0) is 17.9. The molecule has 4 rings (SSSR count). The van der Waals surface area contributed by atoms with Crippen molar-refractivity contribution in [3.63, 3.8) is 0 Å². The van der Waals surface area contributed by atoms with Crippen LogP contribution in [0.4, 0.5) is 0 Å². The largest absolute Gasteiger partial charge is 0.388 e. The highest BCUT2D eigenvalue weighted by Crippen LogP contribution is 2.34. The zero-order valence-corrected chi connectivity index (χ0v) is 14.2. The van der Waals surface area contributed by atoms with Crippen LogP contribution in [0.2, 0.25) is 0 Å². The third kappa shape index (κ3) is 3.66. The van der Waals surface area contributed by atoms with E-state index in [0.717, 1.165) is 11.1 Å². The first kappa shape index (κ1) is 17.6. The fraction of sp³-hybridized carbons (Fsp3) is 0.400. The van der Waals surface area contributed by atoms with Gasteiger partial charge in [0.1, 0.15) is 24.4 Å². The average Bonchev–Trinajstić information content (AvgIpc) is 2.95.